The minimum atomic E-state index is -0.0563. The van der Waals surface area contributed by atoms with E-state index in [2.05, 4.69) is 0 Å². The normalized spacial score (nSPS) is 10.7. The van der Waals surface area contributed by atoms with Crippen molar-refractivity contribution in [3.8, 4) is 22.6 Å². The van der Waals surface area contributed by atoms with Crippen LogP contribution in [-0.2, 0) is 0 Å². The summed E-state index contributed by atoms with van der Waals surface area (Å²) in [7, 11) is 0. The fourth-order valence-electron chi connectivity index (χ4n) is 1.88. The minimum absolute atomic E-state index is 0.0563. The van der Waals surface area contributed by atoms with Crippen molar-refractivity contribution in [3.05, 3.63) is 45.4 Å². The Bertz CT molecular complexity index is 566. The van der Waals surface area contributed by atoms with Crippen molar-refractivity contribution in [1.29, 1.82) is 0 Å². The molecule has 2 N–H and O–H groups in total. The van der Waals surface area contributed by atoms with Crippen LogP contribution in [0.3, 0.4) is 0 Å². The molecule has 0 heterocycles. The Labute approximate surface area is 115 Å². The van der Waals surface area contributed by atoms with Gasteiger partial charge in [-0.15, -0.1) is 0 Å². The second-order valence-electron chi connectivity index (χ2n) is 4.29. The number of hydrogen-bond donors (Lipinski definition) is 2. The highest BCUT2D eigenvalue weighted by molar-refractivity contribution is 6.33. The summed E-state index contributed by atoms with van der Waals surface area (Å²) in [5.41, 5.74) is 2.74. The predicted molar refractivity (Wildman–Crippen MR) is 74.7 cm³/mol. The van der Waals surface area contributed by atoms with Crippen LogP contribution in [0, 0.1) is 13.8 Å². The van der Waals surface area contributed by atoms with Crippen LogP contribution in [0.1, 0.15) is 11.1 Å². The van der Waals surface area contributed by atoms with E-state index in [1.165, 1.54) is 0 Å². The van der Waals surface area contributed by atoms with E-state index in [4.69, 9.17) is 23.2 Å². The topological polar surface area (TPSA) is 40.5 Å². The number of aryl methyl sites for hydroxylation is 2. The molecule has 0 aliphatic heterocycles. The summed E-state index contributed by atoms with van der Waals surface area (Å²) in [6, 6.07) is 6.84. The van der Waals surface area contributed by atoms with Crippen LogP contribution in [0.5, 0.6) is 11.5 Å². The zero-order chi connectivity index (χ0) is 13.4. The lowest BCUT2D eigenvalue weighted by molar-refractivity contribution is 0.469. The van der Waals surface area contributed by atoms with E-state index in [1.807, 2.05) is 13.8 Å². The third kappa shape index (κ3) is 2.26. The predicted octanol–water partition coefficient (Wildman–Crippen LogP) is 4.69. The van der Waals surface area contributed by atoms with Crippen LogP contribution in [0.2, 0.25) is 10.0 Å². The number of benzene rings is 2. The SMILES string of the molecule is Cc1cc(Cl)c(O)c(-c2cc(C)cc(Cl)c2O)c1. The number of phenolic OH excluding ortho intramolecular Hbond substituents is 2. The molecule has 0 saturated carbocycles. The minimum Gasteiger partial charge on any atom is -0.506 e. The summed E-state index contributed by atoms with van der Waals surface area (Å²) >= 11 is 11.9. The van der Waals surface area contributed by atoms with Gasteiger partial charge in [-0.3, -0.25) is 0 Å². The molecule has 18 heavy (non-hydrogen) atoms. The first-order valence-electron chi connectivity index (χ1n) is 5.38. The maximum Gasteiger partial charge on any atom is 0.142 e. The van der Waals surface area contributed by atoms with E-state index in [1.54, 1.807) is 24.3 Å². The number of halogens is 2. The summed E-state index contributed by atoms with van der Waals surface area (Å²) in [4.78, 5) is 0. The standard InChI is InChI=1S/C14H12Cl2O2/c1-7-3-9(13(17)11(15)5-7)10-4-8(2)6-12(16)14(10)18/h3-6,17-18H,1-2H3. The second-order valence-corrected chi connectivity index (χ2v) is 5.10. The van der Waals surface area contributed by atoms with E-state index < -0.39 is 0 Å². The molecule has 2 rings (SSSR count). The monoisotopic (exact) mass is 282 g/mol. The van der Waals surface area contributed by atoms with Gasteiger partial charge < -0.3 is 10.2 Å². The van der Waals surface area contributed by atoms with Gasteiger partial charge in [0.15, 0.2) is 0 Å². The Morgan fingerprint density at radius 3 is 1.39 bits per heavy atom. The molecule has 0 amide bonds. The highest BCUT2D eigenvalue weighted by Gasteiger charge is 2.15. The zero-order valence-electron chi connectivity index (χ0n) is 9.96. The largest absolute Gasteiger partial charge is 0.506 e. The first kappa shape index (κ1) is 13.1. The van der Waals surface area contributed by atoms with Gasteiger partial charge in [0.25, 0.3) is 0 Å². The lowest BCUT2D eigenvalue weighted by Crippen LogP contribution is -1.86. The smallest absolute Gasteiger partial charge is 0.142 e. The van der Waals surface area contributed by atoms with E-state index in [-0.39, 0.29) is 21.5 Å². The molecule has 0 aliphatic carbocycles. The summed E-state index contributed by atoms with van der Waals surface area (Å²) in [5, 5.41) is 20.5. The summed E-state index contributed by atoms with van der Waals surface area (Å²) in [5.74, 6) is -0.113. The summed E-state index contributed by atoms with van der Waals surface area (Å²) in [6.45, 7) is 3.73. The lowest BCUT2D eigenvalue weighted by Gasteiger charge is -2.12. The van der Waals surface area contributed by atoms with E-state index in [0.717, 1.165) is 11.1 Å². The fraction of sp³-hybridized carbons (Fsp3) is 0.143. The molecule has 0 fully saturated rings. The number of aromatic hydroxyl groups is 2. The Morgan fingerprint density at radius 1 is 0.722 bits per heavy atom. The third-order valence-electron chi connectivity index (χ3n) is 2.71. The highest BCUT2D eigenvalue weighted by Crippen LogP contribution is 2.43. The van der Waals surface area contributed by atoms with Gasteiger partial charge in [0.1, 0.15) is 11.5 Å². The van der Waals surface area contributed by atoms with Gasteiger partial charge in [0.05, 0.1) is 10.0 Å². The van der Waals surface area contributed by atoms with Crippen LogP contribution in [-0.4, -0.2) is 10.2 Å². The molecule has 0 spiro atoms. The van der Waals surface area contributed by atoms with Crippen LogP contribution >= 0.6 is 23.2 Å². The van der Waals surface area contributed by atoms with Crippen molar-refractivity contribution >= 4 is 23.2 Å². The molecule has 0 bridgehead atoms. The van der Waals surface area contributed by atoms with Crippen molar-refractivity contribution in [1.82, 2.24) is 0 Å². The fourth-order valence-corrected chi connectivity index (χ4v) is 2.43. The average molecular weight is 283 g/mol. The van der Waals surface area contributed by atoms with Crippen LogP contribution in [0.25, 0.3) is 11.1 Å². The molecule has 0 aromatic heterocycles. The van der Waals surface area contributed by atoms with Crippen LogP contribution in [0.4, 0.5) is 0 Å². The molecule has 94 valence electrons. The van der Waals surface area contributed by atoms with Crippen molar-refractivity contribution in [2.24, 2.45) is 0 Å². The maximum absolute atomic E-state index is 10.00. The van der Waals surface area contributed by atoms with E-state index >= 15 is 0 Å². The van der Waals surface area contributed by atoms with Gasteiger partial charge in [-0.05, 0) is 49.2 Å². The second kappa shape index (κ2) is 4.71. The van der Waals surface area contributed by atoms with Crippen molar-refractivity contribution in [3.63, 3.8) is 0 Å². The van der Waals surface area contributed by atoms with Crippen molar-refractivity contribution in [2.45, 2.75) is 13.8 Å². The molecule has 2 aromatic carbocycles. The van der Waals surface area contributed by atoms with Gasteiger partial charge in [-0.2, -0.15) is 0 Å². The van der Waals surface area contributed by atoms with Crippen molar-refractivity contribution < 1.29 is 10.2 Å². The number of rotatable bonds is 1. The van der Waals surface area contributed by atoms with E-state index in [9.17, 15) is 10.2 Å². The molecule has 0 unspecified atom stereocenters. The maximum atomic E-state index is 10.00. The van der Waals surface area contributed by atoms with Crippen LogP contribution < -0.4 is 0 Å². The van der Waals surface area contributed by atoms with Gasteiger partial charge in [-0.1, -0.05) is 23.2 Å². The van der Waals surface area contributed by atoms with Gasteiger partial charge in [-0.25, -0.2) is 0 Å². The van der Waals surface area contributed by atoms with Gasteiger partial charge >= 0.3 is 0 Å². The molecule has 2 aromatic rings. The Balaban J connectivity index is 2.77. The highest BCUT2D eigenvalue weighted by atomic mass is 35.5. The van der Waals surface area contributed by atoms with Crippen LogP contribution in [0.15, 0.2) is 24.3 Å². The summed E-state index contributed by atoms with van der Waals surface area (Å²) in [6.07, 6.45) is 0. The molecule has 0 saturated heterocycles. The molecule has 2 nitrogen and oxygen atoms in total. The first-order valence-corrected chi connectivity index (χ1v) is 6.14. The molecule has 0 aliphatic rings. The Kier molecular flexibility index (Phi) is 3.42. The zero-order valence-corrected chi connectivity index (χ0v) is 11.5. The molecule has 0 atom stereocenters. The number of hydrogen-bond acceptors (Lipinski definition) is 2. The van der Waals surface area contributed by atoms with Gasteiger partial charge in [0, 0.05) is 11.1 Å². The van der Waals surface area contributed by atoms with Gasteiger partial charge in [0.2, 0.25) is 0 Å². The quantitative estimate of drug-likeness (QED) is 0.797. The number of phenols is 2. The lowest BCUT2D eigenvalue weighted by atomic mass is 9.99. The van der Waals surface area contributed by atoms with Crippen molar-refractivity contribution in [2.75, 3.05) is 0 Å². The Hall–Kier alpha value is -1.38. The average Bonchev–Trinajstić information content (AvgIpc) is 2.28. The first-order chi connectivity index (χ1) is 8.40. The molecule has 4 heteroatoms. The molecule has 0 radical (unpaired) electrons. The third-order valence-corrected chi connectivity index (χ3v) is 3.28. The Morgan fingerprint density at radius 2 is 1.06 bits per heavy atom. The molecular formula is C14H12Cl2O2. The summed E-state index contributed by atoms with van der Waals surface area (Å²) < 4.78 is 0. The molecular weight excluding hydrogens is 271 g/mol. The van der Waals surface area contributed by atoms with E-state index in [0.29, 0.717) is 11.1 Å².